The van der Waals surface area contributed by atoms with Crippen LogP contribution in [0.3, 0.4) is 0 Å². The van der Waals surface area contributed by atoms with E-state index in [9.17, 15) is 8.78 Å². The molecule has 18 heavy (non-hydrogen) atoms. The van der Waals surface area contributed by atoms with Gasteiger partial charge in [0.2, 0.25) is 0 Å². The lowest BCUT2D eigenvalue weighted by Crippen LogP contribution is -2.33. The molecule has 0 spiro atoms. The number of hydrogen-bond acceptors (Lipinski definition) is 1. The Balaban J connectivity index is 2.23. The number of benzene rings is 1. The maximum atomic E-state index is 14.1. The summed E-state index contributed by atoms with van der Waals surface area (Å²) in [5, 5.41) is 3.39. The predicted octanol–water partition coefficient (Wildman–Crippen LogP) is 3.91. The first-order valence-electron chi connectivity index (χ1n) is 6.81. The van der Waals surface area contributed by atoms with Crippen LogP contribution >= 0.6 is 0 Å². The average molecular weight is 253 g/mol. The van der Waals surface area contributed by atoms with Crippen molar-refractivity contribution in [2.75, 3.05) is 6.54 Å². The lowest BCUT2D eigenvalue weighted by atomic mass is 9.80. The molecule has 0 aromatic heterocycles. The van der Waals surface area contributed by atoms with Gasteiger partial charge in [0.1, 0.15) is 11.6 Å². The normalized spacial score (nSPS) is 24.2. The molecule has 1 saturated carbocycles. The van der Waals surface area contributed by atoms with E-state index in [-0.39, 0.29) is 17.6 Å². The van der Waals surface area contributed by atoms with E-state index in [1.165, 1.54) is 12.1 Å². The van der Waals surface area contributed by atoms with Gasteiger partial charge in [-0.2, -0.15) is 0 Å². The molecular weight excluding hydrogens is 232 g/mol. The molecule has 1 aromatic rings. The summed E-state index contributed by atoms with van der Waals surface area (Å²) in [7, 11) is 0. The number of nitrogens with one attached hydrogen (secondary N) is 1. The Kier molecular flexibility index (Phi) is 4.33. The second-order valence-electron chi connectivity index (χ2n) is 5.21. The largest absolute Gasteiger partial charge is 0.314 e. The summed E-state index contributed by atoms with van der Waals surface area (Å²) in [6.45, 7) is 4.68. The van der Waals surface area contributed by atoms with E-state index in [0.717, 1.165) is 32.2 Å². The SMILES string of the molecule is CCNC1CCCC(c2c(F)ccc(C)c2F)C1. The van der Waals surface area contributed by atoms with Crippen LogP contribution in [0.5, 0.6) is 0 Å². The van der Waals surface area contributed by atoms with Gasteiger partial charge in [-0.05, 0) is 50.3 Å². The fraction of sp³-hybridized carbons (Fsp3) is 0.600. The van der Waals surface area contributed by atoms with Crippen LogP contribution in [0, 0.1) is 18.6 Å². The molecule has 1 nitrogen and oxygen atoms in total. The first-order valence-corrected chi connectivity index (χ1v) is 6.81. The van der Waals surface area contributed by atoms with E-state index in [1.54, 1.807) is 6.92 Å². The third kappa shape index (κ3) is 2.72. The van der Waals surface area contributed by atoms with Crippen molar-refractivity contribution in [3.8, 4) is 0 Å². The molecule has 0 heterocycles. The van der Waals surface area contributed by atoms with Gasteiger partial charge in [0.15, 0.2) is 0 Å². The van der Waals surface area contributed by atoms with Crippen LogP contribution in [-0.2, 0) is 0 Å². The molecule has 0 aliphatic heterocycles. The molecule has 1 fully saturated rings. The van der Waals surface area contributed by atoms with E-state index in [2.05, 4.69) is 12.2 Å². The van der Waals surface area contributed by atoms with Gasteiger partial charge in [-0.15, -0.1) is 0 Å². The first kappa shape index (κ1) is 13.5. The van der Waals surface area contributed by atoms with Crippen LogP contribution in [0.2, 0.25) is 0 Å². The van der Waals surface area contributed by atoms with Crippen molar-refractivity contribution in [3.05, 3.63) is 34.9 Å². The molecule has 0 saturated heterocycles. The zero-order valence-corrected chi connectivity index (χ0v) is 11.1. The molecule has 0 radical (unpaired) electrons. The molecular formula is C15H21F2N. The fourth-order valence-electron chi connectivity index (χ4n) is 2.98. The van der Waals surface area contributed by atoms with Gasteiger partial charge in [0.05, 0.1) is 0 Å². The molecule has 1 N–H and O–H groups in total. The maximum absolute atomic E-state index is 14.1. The van der Waals surface area contributed by atoms with Gasteiger partial charge in [-0.3, -0.25) is 0 Å². The summed E-state index contributed by atoms with van der Waals surface area (Å²) in [5.74, 6) is -0.722. The summed E-state index contributed by atoms with van der Waals surface area (Å²) >= 11 is 0. The monoisotopic (exact) mass is 253 g/mol. The van der Waals surface area contributed by atoms with Gasteiger partial charge in [0, 0.05) is 11.6 Å². The Morgan fingerprint density at radius 3 is 2.78 bits per heavy atom. The first-order chi connectivity index (χ1) is 8.63. The van der Waals surface area contributed by atoms with Crippen molar-refractivity contribution in [2.45, 2.75) is 51.5 Å². The molecule has 0 bridgehead atoms. The van der Waals surface area contributed by atoms with Crippen molar-refractivity contribution in [3.63, 3.8) is 0 Å². The topological polar surface area (TPSA) is 12.0 Å². The highest BCUT2D eigenvalue weighted by Crippen LogP contribution is 2.36. The lowest BCUT2D eigenvalue weighted by molar-refractivity contribution is 0.332. The zero-order chi connectivity index (χ0) is 13.1. The van der Waals surface area contributed by atoms with Crippen LogP contribution in [-0.4, -0.2) is 12.6 Å². The van der Waals surface area contributed by atoms with E-state index < -0.39 is 0 Å². The predicted molar refractivity (Wildman–Crippen MR) is 69.8 cm³/mol. The number of rotatable bonds is 3. The molecule has 1 aromatic carbocycles. The van der Waals surface area contributed by atoms with Crippen molar-refractivity contribution in [1.82, 2.24) is 5.32 Å². The van der Waals surface area contributed by atoms with Gasteiger partial charge < -0.3 is 5.32 Å². The van der Waals surface area contributed by atoms with Crippen molar-refractivity contribution >= 4 is 0 Å². The van der Waals surface area contributed by atoms with Gasteiger partial charge in [-0.25, -0.2) is 8.78 Å². The Labute approximate surface area is 108 Å². The summed E-state index contributed by atoms with van der Waals surface area (Å²) in [6.07, 6.45) is 3.87. The van der Waals surface area contributed by atoms with Crippen molar-refractivity contribution in [2.24, 2.45) is 0 Å². The average Bonchev–Trinajstić information content (AvgIpc) is 2.35. The zero-order valence-electron chi connectivity index (χ0n) is 11.1. The second kappa shape index (κ2) is 5.79. The van der Waals surface area contributed by atoms with E-state index in [1.807, 2.05) is 0 Å². The van der Waals surface area contributed by atoms with Crippen molar-refractivity contribution < 1.29 is 8.78 Å². The molecule has 2 atom stereocenters. The molecule has 0 amide bonds. The summed E-state index contributed by atoms with van der Waals surface area (Å²) < 4.78 is 28.0. The number of halogens is 2. The van der Waals surface area contributed by atoms with Crippen LogP contribution in [0.1, 0.15) is 49.7 Å². The highest BCUT2D eigenvalue weighted by atomic mass is 19.1. The van der Waals surface area contributed by atoms with Crippen molar-refractivity contribution in [1.29, 1.82) is 0 Å². The molecule has 2 rings (SSSR count). The fourth-order valence-corrected chi connectivity index (χ4v) is 2.98. The van der Waals surface area contributed by atoms with Crippen LogP contribution in [0.25, 0.3) is 0 Å². The number of hydrogen-bond donors (Lipinski definition) is 1. The Morgan fingerprint density at radius 1 is 1.28 bits per heavy atom. The third-order valence-electron chi connectivity index (χ3n) is 3.89. The summed E-state index contributed by atoms with van der Waals surface area (Å²) in [4.78, 5) is 0. The second-order valence-corrected chi connectivity index (χ2v) is 5.21. The summed E-state index contributed by atoms with van der Waals surface area (Å²) in [5.41, 5.74) is 0.842. The van der Waals surface area contributed by atoms with E-state index in [0.29, 0.717) is 17.2 Å². The molecule has 1 aliphatic carbocycles. The van der Waals surface area contributed by atoms with Crippen LogP contribution in [0.15, 0.2) is 12.1 Å². The number of aryl methyl sites for hydroxylation is 1. The van der Waals surface area contributed by atoms with Gasteiger partial charge >= 0.3 is 0 Å². The summed E-state index contributed by atoms with van der Waals surface area (Å²) in [6, 6.07) is 3.30. The Morgan fingerprint density at radius 2 is 2.06 bits per heavy atom. The molecule has 1 aliphatic rings. The minimum absolute atomic E-state index is 0.0164. The molecule has 3 heteroatoms. The van der Waals surface area contributed by atoms with Crippen LogP contribution in [0.4, 0.5) is 8.78 Å². The van der Waals surface area contributed by atoms with Gasteiger partial charge in [-0.1, -0.05) is 19.4 Å². The third-order valence-corrected chi connectivity index (χ3v) is 3.89. The quantitative estimate of drug-likeness (QED) is 0.861. The van der Waals surface area contributed by atoms with E-state index in [4.69, 9.17) is 0 Å². The minimum Gasteiger partial charge on any atom is -0.314 e. The minimum atomic E-state index is -0.389. The van der Waals surface area contributed by atoms with E-state index >= 15 is 0 Å². The molecule has 100 valence electrons. The highest BCUT2D eigenvalue weighted by molar-refractivity contribution is 5.30. The smallest absolute Gasteiger partial charge is 0.132 e. The highest BCUT2D eigenvalue weighted by Gasteiger charge is 2.27. The Bertz CT molecular complexity index is 415. The Hall–Kier alpha value is -0.960. The standard InChI is InChI=1S/C15H21F2N/c1-3-18-12-6-4-5-11(9-12)14-13(16)8-7-10(2)15(14)17/h7-8,11-12,18H,3-6,9H2,1-2H3. The van der Waals surface area contributed by atoms with Gasteiger partial charge in [0.25, 0.3) is 0 Å². The van der Waals surface area contributed by atoms with Crippen LogP contribution < -0.4 is 5.32 Å². The molecule has 2 unspecified atom stereocenters. The lowest BCUT2D eigenvalue weighted by Gasteiger charge is -2.30. The maximum Gasteiger partial charge on any atom is 0.132 e.